The van der Waals surface area contributed by atoms with Gasteiger partial charge in [-0.1, -0.05) is 6.07 Å². The van der Waals surface area contributed by atoms with Gasteiger partial charge in [-0.05, 0) is 54.6 Å². The van der Waals surface area contributed by atoms with E-state index in [9.17, 15) is 22.8 Å². The van der Waals surface area contributed by atoms with E-state index >= 15 is 0 Å². The Hall–Kier alpha value is -3.55. The molecule has 2 amide bonds. The number of carbonyl (C=O) groups excluding carboxylic acids is 2. The fourth-order valence-corrected chi connectivity index (χ4v) is 2.43. The van der Waals surface area contributed by atoms with Crippen LogP contribution >= 0.6 is 0 Å². The van der Waals surface area contributed by atoms with Crippen LogP contribution in [-0.2, 0) is 12.7 Å². The van der Waals surface area contributed by atoms with E-state index in [0.717, 1.165) is 12.1 Å². The molecular weight excluding hydrogens is 373 g/mol. The highest BCUT2D eigenvalue weighted by Crippen LogP contribution is 2.29. The standard InChI is InChI=1S/C20H15F3N2O3/c21-20(22,23)15-6-8-16(9-7-15)25-19(27)14-4-1-3-13(11-14)18(26)24-12-17-5-2-10-28-17/h1-11H,12H2,(H,24,26)(H,25,27). The summed E-state index contributed by atoms with van der Waals surface area (Å²) in [4.78, 5) is 24.5. The average Bonchev–Trinajstić information content (AvgIpc) is 3.19. The van der Waals surface area contributed by atoms with Gasteiger partial charge in [0.05, 0.1) is 18.4 Å². The molecule has 5 nitrogen and oxygen atoms in total. The number of nitrogens with one attached hydrogen (secondary N) is 2. The lowest BCUT2D eigenvalue weighted by molar-refractivity contribution is -0.137. The Morgan fingerprint density at radius 1 is 0.893 bits per heavy atom. The van der Waals surface area contributed by atoms with Gasteiger partial charge in [-0.3, -0.25) is 9.59 Å². The molecule has 1 heterocycles. The smallest absolute Gasteiger partial charge is 0.416 e. The van der Waals surface area contributed by atoms with E-state index in [1.807, 2.05) is 0 Å². The van der Waals surface area contributed by atoms with Crippen molar-refractivity contribution in [2.45, 2.75) is 12.7 Å². The molecule has 28 heavy (non-hydrogen) atoms. The highest BCUT2D eigenvalue weighted by atomic mass is 19.4. The maximum absolute atomic E-state index is 12.6. The number of alkyl halides is 3. The predicted molar refractivity (Wildman–Crippen MR) is 95.7 cm³/mol. The van der Waals surface area contributed by atoms with Crippen molar-refractivity contribution in [1.29, 1.82) is 0 Å². The second-order valence-corrected chi connectivity index (χ2v) is 5.87. The molecule has 0 saturated heterocycles. The van der Waals surface area contributed by atoms with Crippen molar-refractivity contribution in [3.05, 3.63) is 89.4 Å². The summed E-state index contributed by atoms with van der Waals surface area (Å²) in [5.41, 5.74) is -0.122. The quantitative estimate of drug-likeness (QED) is 0.677. The number of rotatable bonds is 5. The van der Waals surface area contributed by atoms with Crippen LogP contribution in [-0.4, -0.2) is 11.8 Å². The molecule has 3 rings (SSSR count). The first-order valence-electron chi connectivity index (χ1n) is 8.22. The Morgan fingerprint density at radius 2 is 1.57 bits per heavy atom. The van der Waals surface area contributed by atoms with Crippen molar-refractivity contribution >= 4 is 17.5 Å². The molecule has 0 aliphatic heterocycles. The molecule has 0 saturated carbocycles. The molecule has 0 unspecified atom stereocenters. The Balaban J connectivity index is 1.65. The van der Waals surface area contributed by atoms with Crippen molar-refractivity contribution in [1.82, 2.24) is 5.32 Å². The number of hydrogen-bond acceptors (Lipinski definition) is 3. The molecule has 3 aromatic rings. The zero-order valence-corrected chi connectivity index (χ0v) is 14.4. The third-order valence-corrected chi connectivity index (χ3v) is 3.86. The minimum absolute atomic E-state index is 0.200. The minimum Gasteiger partial charge on any atom is -0.467 e. The lowest BCUT2D eigenvalue weighted by atomic mass is 10.1. The molecule has 2 aromatic carbocycles. The molecule has 144 valence electrons. The monoisotopic (exact) mass is 388 g/mol. The highest BCUT2D eigenvalue weighted by Gasteiger charge is 2.30. The summed E-state index contributed by atoms with van der Waals surface area (Å²) in [6.45, 7) is 0.202. The van der Waals surface area contributed by atoms with E-state index in [4.69, 9.17) is 4.42 Å². The maximum Gasteiger partial charge on any atom is 0.416 e. The van der Waals surface area contributed by atoms with Crippen molar-refractivity contribution < 1.29 is 27.2 Å². The highest BCUT2D eigenvalue weighted by molar-refractivity contribution is 6.06. The van der Waals surface area contributed by atoms with Crippen LogP contribution in [0.5, 0.6) is 0 Å². The van der Waals surface area contributed by atoms with E-state index in [1.165, 1.54) is 30.5 Å². The van der Waals surface area contributed by atoms with Crippen molar-refractivity contribution in [3.8, 4) is 0 Å². The summed E-state index contributed by atoms with van der Waals surface area (Å²) in [7, 11) is 0. The van der Waals surface area contributed by atoms with Crippen LogP contribution in [0.15, 0.2) is 71.3 Å². The third-order valence-electron chi connectivity index (χ3n) is 3.86. The molecular formula is C20H15F3N2O3. The van der Waals surface area contributed by atoms with Gasteiger partial charge in [-0.2, -0.15) is 13.2 Å². The number of hydrogen-bond donors (Lipinski definition) is 2. The zero-order chi connectivity index (χ0) is 20.1. The summed E-state index contributed by atoms with van der Waals surface area (Å²) in [6, 6.07) is 13.5. The topological polar surface area (TPSA) is 71.3 Å². The number of carbonyl (C=O) groups is 2. The lowest BCUT2D eigenvalue weighted by Gasteiger charge is -2.09. The molecule has 0 atom stereocenters. The first-order valence-corrected chi connectivity index (χ1v) is 8.22. The van der Waals surface area contributed by atoms with Gasteiger partial charge in [-0.15, -0.1) is 0 Å². The van der Waals surface area contributed by atoms with E-state index in [1.54, 1.807) is 24.3 Å². The summed E-state index contributed by atoms with van der Waals surface area (Å²) in [6.07, 6.45) is -2.95. The second kappa shape index (κ2) is 7.99. The van der Waals surface area contributed by atoms with Gasteiger partial charge in [0.15, 0.2) is 0 Å². The fourth-order valence-electron chi connectivity index (χ4n) is 2.43. The normalized spacial score (nSPS) is 11.1. The SMILES string of the molecule is O=C(NCc1ccco1)c1cccc(C(=O)Nc2ccc(C(F)(F)F)cc2)c1. The first kappa shape index (κ1) is 19.2. The molecule has 8 heteroatoms. The molecule has 2 N–H and O–H groups in total. The molecule has 0 spiro atoms. The summed E-state index contributed by atoms with van der Waals surface area (Å²) < 4.78 is 42.9. The van der Waals surface area contributed by atoms with Gasteiger partial charge >= 0.3 is 6.18 Å². The molecule has 0 aliphatic carbocycles. The van der Waals surface area contributed by atoms with E-state index in [2.05, 4.69) is 10.6 Å². The predicted octanol–water partition coefficient (Wildman–Crippen LogP) is 4.48. The molecule has 0 aliphatic rings. The summed E-state index contributed by atoms with van der Waals surface area (Å²) >= 11 is 0. The zero-order valence-electron chi connectivity index (χ0n) is 14.4. The summed E-state index contributed by atoms with van der Waals surface area (Å²) in [5.74, 6) is -0.342. The Bertz CT molecular complexity index is 965. The van der Waals surface area contributed by atoms with Crippen LogP contribution < -0.4 is 10.6 Å². The Kier molecular flexibility index (Phi) is 5.49. The number of anilines is 1. The number of amides is 2. The van der Waals surface area contributed by atoms with Crippen LogP contribution in [0.2, 0.25) is 0 Å². The van der Waals surface area contributed by atoms with Gasteiger partial charge in [0.2, 0.25) is 0 Å². The number of halogens is 3. The minimum atomic E-state index is -4.44. The van der Waals surface area contributed by atoms with Crippen molar-refractivity contribution in [2.75, 3.05) is 5.32 Å². The summed E-state index contributed by atoms with van der Waals surface area (Å²) in [5, 5.41) is 5.17. The Morgan fingerprint density at radius 3 is 2.18 bits per heavy atom. The van der Waals surface area contributed by atoms with Gasteiger partial charge in [0.1, 0.15) is 5.76 Å². The molecule has 1 aromatic heterocycles. The van der Waals surface area contributed by atoms with Gasteiger partial charge in [-0.25, -0.2) is 0 Å². The first-order chi connectivity index (χ1) is 13.3. The molecule has 0 radical (unpaired) electrons. The fraction of sp³-hybridized carbons (Fsp3) is 0.100. The maximum atomic E-state index is 12.6. The van der Waals surface area contributed by atoms with Crippen molar-refractivity contribution in [2.24, 2.45) is 0 Å². The lowest BCUT2D eigenvalue weighted by Crippen LogP contribution is -2.23. The second-order valence-electron chi connectivity index (χ2n) is 5.87. The Labute approximate surface area is 158 Å². The van der Waals surface area contributed by atoms with Crippen LogP contribution in [0.3, 0.4) is 0 Å². The van der Waals surface area contributed by atoms with E-state index in [0.29, 0.717) is 5.76 Å². The van der Waals surface area contributed by atoms with E-state index < -0.39 is 17.6 Å². The number of benzene rings is 2. The molecule has 0 fully saturated rings. The van der Waals surface area contributed by atoms with Crippen LogP contribution in [0, 0.1) is 0 Å². The third kappa shape index (κ3) is 4.79. The number of furan rings is 1. The largest absolute Gasteiger partial charge is 0.467 e. The van der Waals surface area contributed by atoms with Crippen LogP contribution in [0.1, 0.15) is 32.0 Å². The van der Waals surface area contributed by atoms with Gasteiger partial charge < -0.3 is 15.1 Å². The molecule has 0 bridgehead atoms. The van der Waals surface area contributed by atoms with Crippen LogP contribution in [0.25, 0.3) is 0 Å². The van der Waals surface area contributed by atoms with Gasteiger partial charge in [0.25, 0.3) is 11.8 Å². The van der Waals surface area contributed by atoms with Crippen molar-refractivity contribution in [3.63, 3.8) is 0 Å². The average molecular weight is 388 g/mol. The van der Waals surface area contributed by atoms with Crippen LogP contribution in [0.4, 0.5) is 18.9 Å². The van der Waals surface area contributed by atoms with E-state index in [-0.39, 0.29) is 29.3 Å². The van der Waals surface area contributed by atoms with Gasteiger partial charge in [0, 0.05) is 16.8 Å².